The van der Waals surface area contributed by atoms with E-state index in [9.17, 15) is 4.79 Å². The van der Waals surface area contributed by atoms with Gasteiger partial charge in [-0.1, -0.05) is 0 Å². The van der Waals surface area contributed by atoms with Crippen LogP contribution in [0.5, 0.6) is 0 Å². The van der Waals surface area contributed by atoms with Gasteiger partial charge in [-0.25, -0.2) is 0 Å². The third kappa shape index (κ3) is 3.82. The van der Waals surface area contributed by atoms with Gasteiger partial charge in [0.15, 0.2) is 0 Å². The van der Waals surface area contributed by atoms with Crippen LogP contribution in [0.2, 0.25) is 0 Å². The van der Waals surface area contributed by atoms with E-state index in [1.807, 2.05) is 24.3 Å². The van der Waals surface area contributed by atoms with E-state index in [4.69, 9.17) is 4.74 Å². The van der Waals surface area contributed by atoms with E-state index >= 15 is 0 Å². The summed E-state index contributed by atoms with van der Waals surface area (Å²) >= 11 is 0. The number of nitrogens with zero attached hydrogens (tertiary/aromatic N) is 3. The van der Waals surface area contributed by atoms with Crippen LogP contribution in [0.15, 0.2) is 12.4 Å². The summed E-state index contributed by atoms with van der Waals surface area (Å²) in [7, 11) is 1.90. The Hall–Kier alpha value is -1.40. The molecule has 0 aliphatic carbocycles. The maximum absolute atomic E-state index is 11.8. The van der Waals surface area contributed by atoms with Crippen LogP contribution >= 0.6 is 0 Å². The van der Waals surface area contributed by atoms with Crippen LogP contribution in [0, 0.1) is 0 Å². The minimum atomic E-state index is 0.157. The monoisotopic (exact) mass is 252 g/mol. The SMILES string of the molecule is Cn1cc(CCNCC(=O)N2CCOCC2)cn1. The predicted octanol–water partition coefficient (Wildman–Crippen LogP) is -0.589. The Balaban J connectivity index is 1.61. The van der Waals surface area contributed by atoms with Gasteiger partial charge in [-0.3, -0.25) is 9.48 Å². The van der Waals surface area contributed by atoms with Crippen molar-refractivity contribution >= 4 is 5.91 Å². The molecular weight excluding hydrogens is 232 g/mol. The zero-order chi connectivity index (χ0) is 12.8. The number of nitrogens with one attached hydrogen (secondary N) is 1. The van der Waals surface area contributed by atoms with Gasteiger partial charge < -0.3 is 15.0 Å². The summed E-state index contributed by atoms with van der Waals surface area (Å²) < 4.78 is 7.00. The quantitative estimate of drug-likeness (QED) is 0.712. The first-order chi connectivity index (χ1) is 8.75. The number of amides is 1. The van der Waals surface area contributed by atoms with E-state index in [1.54, 1.807) is 4.68 Å². The van der Waals surface area contributed by atoms with Gasteiger partial charge in [0.25, 0.3) is 0 Å². The van der Waals surface area contributed by atoms with E-state index in [-0.39, 0.29) is 5.91 Å². The molecule has 1 aromatic rings. The molecule has 0 saturated carbocycles. The molecule has 6 heteroatoms. The summed E-state index contributed by atoms with van der Waals surface area (Å²) in [6, 6.07) is 0. The molecule has 0 bridgehead atoms. The third-order valence-electron chi connectivity index (χ3n) is 2.99. The number of morpholine rings is 1. The lowest BCUT2D eigenvalue weighted by Gasteiger charge is -2.26. The summed E-state index contributed by atoms with van der Waals surface area (Å²) in [5.74, 6) is 0.157. The van der Waals surface area contributed by atoms with Crippen molar-refractivity contribution in [2.45, 2.75) is 6.42 Å². The van der Waals surface area contributed by atoms with E-state index in [0.717, 1.165) is 13.0 Å². The fourth-order valence-corrected chi connectivity index (χ4v) is 1.95. The molecule has 1 aromatic heterocycles. The fourth-order valence-electron chi connectivity index (χ4n) is 1.95. The van der Waals surface area contributed by atoms with E-state index < -0.39 is 0 Å². The minimum absolute atomic E-state index is 0.157. The molecule has 0 radical (unpaired) electrons. The normalized spacial score (nSPS) is 15.9. The van der Waals surface area contributed by atoms with Crippen LogP contribution in [-0.4, -0.2) is 60.0 Å². The summed E-state index contributed by atoms with van der Waals surface area (Å²) in [5.41, 5.74) is 1.18. The van der Waals surface area contributed by atoms with Crippen LogP contribution in [0.4, 0.5) is 0 Å². The summed E-state index contributed by atoms with van der Waals surface area (Å²) in [4.78, 5) is 13.7. The second-order valence-corrected chi connectivity index (χ2v) is 4.44. The van der Waals surface area contributed by atoms with Crippen LogP contribution in [0.25, 0.3) is 0 Å². The van der Waals surface area contributed by atoms with Crippen molar-refractivity contribution in [2.24, 2.45) is 7.05 Å². The highest BCUT2D eigenvalue weighted by Gasteiger charge is 2.15. The standard InChI is InChI=1S/C12H20N4O2/c1-15-10-11(8-14-15)2-3-13-9-12(17)16-4-6-18-7-5-16/h8,10,13H,2-7,9H2,1H3. The lowest BCUT2D eigenvalue weighted by atomic mass is 10.2. The molecule has 0 atom stereocenters. The topological polar surface area (TPSA) is 59.4 Å². The molecule has 0 unspecified atom stereocenters. The highest BCUT2D eigenvalue weighted by atomic mass is 16.5. The van der Waals surface area contributed by atoms with E-state index in [0.29, 0.717) is 32.8 Å². The van der Waals surface area contributed by atoms with Crippen LogP contribution in [-0.2, 0) is 23.0 Å². The molecule has 1 aliphatic heterocycles. The number of carbonyl (C=O) groups excluding carboxylic acids is 1. The molecule has 1 N–H and O–H groups in total. The number of hydrogen-bond acceptors (Lipinski definition) is 4. The number of aryl methyl sites for hydroxylation is 1. The maximum atomic E-state index is 11.8. The Morgan fingerprint density at radius 1 is 1.50 bits per heavy atom. The van der Waals surface area contributed by atoms with Gasteiger partial charge >= 0.3 is 0 Å². The van der Waals surface area contributed by atoms with Gasteiger partial charge in [0.2, 0.25) is 5.91 Å². The summed E-state index contributed by atoms with van der Waals surface area (Å²) in [5, 5.41) is 7.27. The Morgan fingerprint density at radius 3 is 2.94 bits per heavy atom. The Bertz CT molecular complexity index is 385. The van der Waals surface area contributed by atoms with Crippen molar-refractivity contribution in [3.05, 3.63) is 18.0 Å². The average molecular weight is 252 g/mol. The van der Waals surface area contributed by atoms with Crippen molar-refractivity contribution in [1.29, 1.82) is 0 Å². The molecule has 18 heavy (non-hydrogen) atoms. The van der Waals surface area contributed by atoms with Crippen LogP contribution in [0.1, 0.15) is 5.56 Å². The van der Waals surface area contributed by atoms with E-state index in [2.05, 4.69) is 10.4 Å². The molecule has 1 saturated heterocycles. The molecule has 0 aromatic carbocycles. The zero-order valence-corrected chi connectivity index (χ0v) is 10.8. The summed E-state index contributed by atoms with van der Waals surface area (Å²) in [6.07, 6.45) is 4.74. The fraction of sp³-hybridized carbons (Fsp3) is 0.667. The third-order valence-corrected chi connectivity index (χ3v) is 2.99. The highest BCUT2D eigenvalue weighted by molar-refractivity contribution is 5.78. The Morgan fingerprint density at radius 2 is 2.28 bits per heavy atom. The van der Waals surface area contributed by atoms with Crippen molar-refractivity contribution in [3.8, 4) is 0 Å². The summed E-state index contributed by atoms with van der Waals surface area (Å²) in [6.45, 7) is 3.93. The molecule has 1 fully saturated rings. The largest absolute Gasteiger partial charge is 0.378 e. The molecular formula is C12H20N4O2. The first kappa shape index (κ1) is 13.0. The van der Waals surface area contributed by atoms with Crippen molar-refractivity contribution < 1.29 is 9.53 Å². The number of aromatic nitrogens is 2. The molecule has 2 rings (SSSR count). The zero-order valence-electron chi connectivity index (χ0n) is 10.8. The lowest BCUT2D eigenvalue weighted by molar-refractivity contribution is -0.134. The van der Waals surface area contributed by atoms with Crippen LogP contribution in [0.3, 0.4) is 0 Å². The number of ether oxygens (including phenoxy) is 1. The van der Waals surface area contributed by atoms with Crippen LogP contribution < -0.4 is 5.32 Å². The van der Waals surface area contributed by atoms with Gasteiger partial charge in [0.1, 0.15) is 0 Å². The van der Waals surface area contributed by atoms with Crippen molar-refractivity contribution in [2.75, 3.05) is 39.4 Å². The molecule has 1 aliphatic rings. The second-order valence-electron chi connectivity index (χ2n) is 4.44. The lowest BCUT2D eigenvalue weighted by Crippen LogP contribution is -2.44. The highest BCUT2D eigenvalue weighted by Crippen LogP contribution is 1.98. The van der Waals surface area contributed by atoms with Gasteiger partial charge in [0, 0.05) is 26.3 Å². The predicted molar refractivity (Wildman–Crippen MR) is 67.2 cm³/mol. The first-order valence-corrected chi connectivity index (χ1v) is 6.29. The van der Waals surface area contributed by atoms with Crippen molar-refractivity contribution in [1.82, 2.24) is 20.0 Å². The minimum Gasteiger partial charge on any atom is -0.378 e. The number of hydrogen-bond donors (Lipinski definition) is 1. The van der Waals surface area contributed by atoms with Crippen molar-refractivity contribution in [3.63, 3.8) is 0 Å². The molecule has 100 valence electrons. The van der Waals surface area contributed by atoms with Gasteiger partial charge in [-0.2, -0.15) is 5.10 Å². The number of carbonyl (C=O) groups is 1. The average Bonchev–Trinajstić information content (AvgIpc) is 2.81. The first-order valence-electron chi connectivity index (χ1n) is 6.29. The maximum Gasteiger partial charge on any atom is 0.236 e. The van der Waals surface area contributed by atoms with Gasteiger partial charge in [-0.05, 0) is 18.5 Å². The van der Waals surface area contributed by atoms with E-state index in [1.165, 1.54) is 5.56 Å². The van der Waals surface area contributed by atoms with Gasteiger partial charge in [-0.15, -0.1) is 0 Å². The molecule has 1 amide bonds. The Labute approximate surface area is 107 Å². The second kappa shape index (κ2) is 6.51. The number of rotatable bonds is 5. The Kier molecular flexibility index (Phi) is 4.72. The molecule has 6 nitrogen and oxygen atoms in total. The smallest absolute Gasteiger partial charge is 0.236 e. The van der Waals surface area contributed by atoms with Gasteiger partial charge in [0.05, 0.1) is 26.0 Å². The molecule has 0 spiro atoms. The molecule has 2 heterocycles.